The van der Waals surface area contributed by atoms with Crippen LogP contribution in [0.4, 0.5) is 28.4 Å². The molecule has 5 aromatic carbocycles. The maximum Gasteiger partial charge on any atom is 0.159 e. The number of hydrogen-bond acceptors (Lipinski definition) is 11. The van der Waals surface area contributed by atoms with Crippen molar-refractivity contribution in [3.05, 3.63) is 172 Å². The number of nitrogens with zero attached hydrogens (tertiary/aromatic N) is 10. The van der Waals surface area contributed by atoms with Gasteiger partial charge in [0, 0.05) is 206 Å². The van der Waals surface area contributed by atoms with Crippen LogP contribution in [0.1, 0.15) is 162 Å². The number of halogens is 2. The van der Waals surface area contributed by atoms with Gasteiger partial charge in [-0.05, 0) is 341 Å². The number of aryl methyl sites for hydroxylation is 3. The number of ketones is 1. The van der Waals surface area contributed by atoms with E-state index in [0.29, 0.717) is 0 Å². The smallest absolute Gasteiger partial charge is 0.159 e. The maximum absolute atomic E-state index is 11.5. The molecule has 25 rings (SSSR count). The summed E-state index contributed by atoms with van der Waals surface area (Å²) in [7, 11) is 0. The first-order valence-electron chi connectivity index (χ1n) is 46.2. The number of allylic oxidation sites excluding steroid dienone is 4. The molecule has 13 saturated carbocycles. The van der Waals surface area contributed by atoms with E-state index in [0.717, 1.165) is 168 Å². The Morgan fingerprint density at radius 2 is 0.770 bits per heavy atom. The van der Waals surface area contributed by atoms with Gasteiger partial charge in [0.2, 0.25) is 0 Å². The number of rotatable bonds is 13. The van der Waals surface area contributed by atoms with Crippen LogP contribution in [-0.2, 0) is 0 Å². The highest BCUT2D eigenvalue weighted by Gasteiger charge is 2.53. The molecule has 11 nitrogen and oxygen atoms in total. The number of carbonyl (C=O) groups is 1. The van der Waals surface area contributed by atoms with Crippen LogP contribution in [0, 0.1) is 115 Å². The fourth-order valence-electron chi connectivity index (χ4n) is 27.6. The number of hydrogen-bond donors (Lipinski definition) is 0. The van der Waals surface area contributed by atoms with Gasteiger partial charge in [-0.3, -0.25) is 29.3 Å². The lowest BCUT2D eigenvalue weighted by molar-refractivity contribution is -0.0665. The van der Waals surface area contributed by atoms with Crippen molar-refractivity contribution in [2.24, 2.45) is 94.7 Å². The number of Topliss-reactive ketones (excluding diaryl/α,β-unsaturated/α-hetero) is 1. The molecule has 0 amide bonds. The molecule has 20 aliphatic rings. The Labute approximate surface area is 691 Å². The highest BCUT2D eigenvalue weighted by atomic mass is 35.5. The first-order chi connectivity index (χ1) is 55.2. The van der Waals surface area contributed by atoms with Gasteiger partial charge in [0.15, 0.2) is 5.78 Å². The van der Waals surface area contributed by atoms with E-state index < -0.39 is 0 Å². The number of anilines is 5. The van der Waals surface area contributed by atoms with Crippen LogP contribution < -0.4 is 24.5 Å². The van der Waals surface area contributed by atoms with Gasteiger partial charge in [-0.15, -0.1) is 0 Å². The molecular weight excluding hydrogens is 1430 g/mol. The zero-order chi connectivity index (χ0) is 76.6. The van der Waals surface area contributed by atoms with Crippen molar-refractivity contribution in [1.29, 1.82) is 0 Å². The summed E-state index contributed by atoms with van der Waals surface area (Å²) in [5, 5.41) is 1.69. The summed E-state index contributed by atoms with van der Waals surface area (Å²) in [5.74, 6) is 16.4. The number of carbonyl (C=O) groups excluding carboxylic acids is 1. The molecule has 18 fully saturated rings. The minimum atomic E-state index is 0.151. The molecule has 5 heterocycles. The third-order valence-electron chi connectivity index (χ3n) is 32.4. The van der Waals surface area contributed by atoms with Gasteiger partial charge in [0.05, 0.1) is 0 Å². The Balaban J connectivity index is 0.0000000986. The van der Waals surface area contributed by atoms with Gasteiger partial charge in [0.25, 0.3) is 0 Å². The molecule has 5 saturated heterocycles. The second kappa shape index (κ2) is 35.7. The summed E-state index contributed by atoms with van der Waals surface area (Å²) < 4.78 is 0. The van der Waals surface area contributed by atoms with E-state index in [-0.39, 0.29) is 5.78 Å². The Morgan fingerprint density at radius 3 is 1.16 bits per heavy atom. The molecule has 14 bridgehead atoms. The molecule has 608 valence electrons. The minimum Gasteiger partial charge on any atom is -0.369 e. The van der Waals surface area contributed by atoms with Crippen molar-refractivity contribution in [3.63, 3.8) is 0 Å². The largest absolute Gasteiger partial charge is 0.369 e. The van der Waals surface area contributed by atoms with Crippen LogP contribution in [0.15, 0.2) is 140 Å². The van der Waals surface area contributed by atoms with E-state index in [4.69, 9.17) is 23.2 Å². The van der Waals surface area contributed by atoms with Gasteiger partial charge in [-0.2, -0.15) is 0 Å². The summed E-state index contributed by atoms with van der Waals surface area (Å²) in [5.41, 5.74) is 11.7. The lowest BCUT2D eigenvalue weighted by Gasteiger charge is -2.58. The van der Waals surface area contributed by atoms with E-state index in [1.807, 2.05) is 30.3 Å². The van der Waals surface area contributed by atoms with E-state index >= 15 is 0 Å². The maximum atomic E-state index is 11.5. The van der Waals surface area contributed by atoms with Crippen LogP contribution in [0.25, 0.3) is 0 Å². The topological polar surface area (TPSA) is 49.5 Å². The summed E-state index contributed by atoms with van der Waals surface area (Å²) in [6.07, 6.45) is 39.5. The van der Waals surface area contributed by atoms with Crippen molar-refractivity contribution in [2.45, 2.75) is 174 Å². The predicted molar refractivity (Wildman–Crippen MR) is 473 cm³/mol. The van der Waals surface area contributed by atoms with E-state index in [2.05, 4.69) is 179 Å². The molecule has 5 aliphatic heterocycles. The van der Waals surface area contributed by atoms with Crippen molar-refractivity contribution < 1.29 is 4.79 Å². The second-order valence-corrected chi connectivity index (χ2v) is 40.7. The van der Waals surface area contributed by atoms with Crippen LogP contribution in [0.5, 0.6) is 0 Å². The SMILES string of the molecule is CC(=O)c1ccc(N2CCN(C3C4CC5CC(C4)CC3C5)CC2)cc1.Cc1ccc(C)c(N2CCN(C3C4CC5CC(C4)CC3C5)CC2)c1.Cc1ccc(N2CCN(CC3CC4C=CC3C4)CC2)cc1.Clc1cccc(N2CCN(C3C4CC5CC(C4)CC3C5)CC2)c1.Clc1cccc(N2CCN(CC3CC=CCC3)CC2)c1. The highest BCUT2D eigenvalue weighted by Crippen LogP contribution is 2.58. The van der Waals surface area contributed by atoms with Crippen molar-refractivity contribution in [2.75, 3.05) is 168 Å². The van der Waals surface area contributed by atoms with Crippen molar-refractivity contribution >= 4 is 57.4 Å². The van der Waals surface area contributed by atoms with Gasteiger partial charge in [0.1, 0.15) is 0 Å². The quantitative estimate of drug-likeness (QED) is 0.0837. The molecule has 113 heavy (non-hydrogen) atoms. The van der Waals surface area contributed by atoms with E-state index in [1.165, 1.54) is 233 Å². The van der Waals surface area contributed by atoms with Crippen molar-refractivity contribution in [1.82, 2.24) is 24.5 Å². The van der Waals surface area contributed by atoms with E-state index in [1.54, 1.807) is 51.9 Å². The monoisotopic (exact) mass is 1570 g/mol. The first kappa shape index (κ1) is 78.8. The molecular formula is C100H138Cl2N10O. The lowest BCUT2D eigenvalue weighted by atomic mass is 9.54. The molecule has 0 N–H and O–H groups in total. The van der Waals surface area contributed by atoms with Crippen LogP contribution in [0.3, 0.4) is 0 Å². The highest BCUT2D eigenvalue weighted by molar-refractivity contribution is 6.31. The second-order valence-electron chi connectivity index (χ2n) is 39.8. The standard InChI is InChI=1S/C22H30N2O.C22H32N2.C20H27ClN2.C19H26N2.C17H23ClN2/c1-15(25)18-2-4-21(5-3-18)23-6-8-24(9-7-23)22-19-11-16-10-17(13-19)14-20(22)12-16;1-15-3-4-16(2)21(9-15)23-5-7-24(8-6-23)22-19-11-17-10-18(13-19)14-20(22)12-17;21-18-2-1-3-19(13-18)22-4-6-23(7-5-22)20-16-9-14-8-15(11-16)12-17(20)10-14;1-15-2-6-19(7-3-15)21-10-8-20(9-11-21)14-18-13-16-4-5-17(18)12-16;18-16-7-4-8-17(13-16)20-11-9-19(10-12-20)14-15-5-2-1-3-6-15/h2-5,16-17,19-20,22H,6-14H2,1H3;3-4,9,17-20,22H,5-8,10-14H2,1-2H3;1-3,13-17,20H,4-12H2;2-7,16-18H,8-14H2,1H3;1-2,4,7-8,13,15H,3,5-6,9-12,14H2. The van der Waals surface area contributed by atoms with E-state index in [9.17, 15) is 4.79 Å². The predicted octanol–water partition coefficient (Wildman–Crippen LogP) is 19.5. The number of benzene rings is 5. The fraction of sp³-hybridized carbons (Fsp3) is 0.650. The van der Waals surface area contributed by atoms with Gasteiger partial charge < -0.3 is 24.5 Å². The Hall–Kier alpha value is -5.37. The molecule has 4 unspecified atom stereocenters. The van der Waals surface area contributed by atoms with Gasteiger partial charge in [-0.25, -0.2) is 0 Å². The van der Waals surface area contributed by atoms with Gasteiger partial charge in [-0.1, -0.05) is 89.5 Å². The third kappa shape index (κ3) is 18.6. The molecule has 0 spiro atoms. The number of fused-ring (bicyclic) bond motifs is 2. The Bertz CT molecular complexity index is 3920. The van der Waals surface area contributed by atoms with Crippen LogP contribution in [0.2, 0.25) is 10.0 Å². The zero-order valence-corrected chi connectivity index (χ0v) is 71.1. The normalized spacial score (nSPS) is 34.8. The molecule has 0 aromatic heterocycles. The molecule has 4 atom stereocenters. The molecule has 13 heteroatoms. The lowest BCUT2D eigenvalue weighted by Crippen LogP contribution is -2.60. The average Bonchev–Trinajstić information content (AvgIpc) is 1.10. The molecule has 5 aromatic rings. The summed E-state index contributed by atoms with van der Waals surface area (Å²) in [4.78, 5) is 38.0. The molecule has 0 radical (unpaired) electrons. The van der Waals surface area contributed by atoms with Crippen LogP contribution in [-0.4, -0.2) is 192 Å². The Kier molecular flexibility index (Phi) is 24.9. The minimum absolute atomic E-state index is 0.151. The Morgan fingerprint density at radius 1 is 0.372 bits per heavy atom. The summed E-state index contributed by atoms with van der Waals surface area (Å²) >= 11 is 12.2. The summed E-state index contributed by atoms with van der Waals surface area (Å²) in [6.45, 7) is 34.7. The van der Waals surface area contributed by atoms with Gasteiger partial charge >= 0.3 is 0 Å². The third-order valence-corrected chi connectivity index (χ3v) is 32.8. The van der Waals surface area contributed by atoms with Crippen LogP contribution >= 0.6 is 23.2 Å². The fourth-order valence-corrected chi connectivity index (χ4v) is 27.9. The number of piperazine rings is 5. The molecule has 15 aliphatic carbocycles. The average molecular weight is 1570 g/mol. The first-order valence-corrected chi connectivity index (χ1v) is 47.0. The van der Waals surface area contributed by atoms with Crippen molar-refractivity contribution in [3.8, 4) is 0 Å². The summed E-state index contributed by atoms with van der Waals surface area (Å²) in [6, 6.07) is 43.4. The zero-order valence-electron chi connectivity index (χ0n) is 69.6.